The fourth-order valence-electron chi connectivity index (χ4n) is 1.95. The number of nitrogens with zero attached hydrogens (tertiary/aromatic N) is 2. The van der Waals surface area contributed by atoms with Crippen LogP contribution in [0.2, 0.25) is 0 Å². The van der Waals surface area contributed by atoms with E-state index in [4.69, 9.17) is 0 Å². The predicted octanol–water partition coefficient (Wildman–Crippen LogP) is 2.18. The molecule has 3 nitrogen and oxygen atoms in total. The number of rotatable bonds is 3. The zero-order valence-electron chi connectivity index (χ0n) is 10.2. The van der Waals surface area contributed by atoms with Crippen LogP contribution in [-0.2, 0) is 7.05 Å². The quantitative estimate of drug-likeness (QED) is 0.880. The van der Waals surface area contributed by atoms with E-state index in [1.807, 2.05) is 30.9 Å². The van der Waals surface area contributed by atoms with Gasteiger partial charge in [-0.1, -0.05) is 12.1 Å². The Morgan fingerprint density at radius 3 is 2.71 bits per heavy atom. The van der Waals surface area contributed by atoms with E-state index in [1.54, 1.807) is 19.2 Å². The molecule has 90 valence electrons. The maximum atomic E-state index is 13.2. The molecule has 0 bridgehead atoms. The highest BCUT2D eigenvalue weighted by Gasteiger charge is 2.16. The molecular formula is C13H16FN3. The number of halogens is 1. The molecule has 17 heavy (non-hydrogen) atoms. The molecule has 0 aliphatic carbocycles. The minimum Gasteiger partial charge on any atom is -0.336 e. The van der Waals surface area contributed by atoms with Crippen molar-refractivity contribution in [3.63, 3.8) is 0 Å². The van der Waals surface area contributed by atoms with Gasteiger partial charge in [-0.2, -0.15) is 0 Å². The van der Waals surface area contributed by atoms with Gasteiger partial charge < -0.3 is 9.88 Å². The maximum Gasteiger partial charge on any atom is 0.130 e. The first kappa shape index (κ1) is 11.8. The monoisotopic (exact) mass is 233 g/mol. The summed E-state index contributed by atoms with van der Waals surface area (Å²) in [5.74, 6) is 0.738. The molecule has 1 aromatic heterocycles. The largest absolute Gasteiger partial charge is 0.336 e. The first-order valence-electron chi connectivity index (χ1n) is 5.54. The van der Waals surface area contributed by atoms with E-state index in [-0.39, 0.29) is 11.9 Å². The zero-order chi connectivity index (χ0) is 12.4. The van der Waals surface area contributed by atoms with Crippen molar-refractivity contribution in [3.05, 3.63) is 53.4 Å². The third kappa shape index (κ3) is 2.22. The van der Waals surface area contributed by atoms with Gasteiger partial charge in [0.15, 0.2) is 0 Å². The molecule has 0 saturated heterocycles. The second-order valence-corrected chi connectivity index (χ2v) is 4.13. The van der Waals surface area contributed by atoms with Crippen LogP contribution in [0.3, 0.4) is 0 Å². The lowest BCUT2D eigenvalue weighted by atomic mass is 10.0. The van der Waals surface area contributed by atoms with Crippen molar-refractivity contribution in [3.8, 4) is 0 Å². The number of hydrogen-bond donors (Lipinski definition) is 1. The van der Waals surface area contributed by atoms with E-state index in [0.717, 1.165) is 11.4 Å². The van der Waals surface area contributed by atoms with Gasteiger partial charge in [0, 0.05) is 19.4 Å². The first-order valence-corrected chi connectivity index (χ1v) is 5.54. The molecule has 2 aromatic rings. The van der Waals surface area contributed by atoms with Crippen molar-refractivity contribution in [2.45, 2.75) is 13.0 Å². The van der Waals surface area contributed by atoms with Crippen molar-refractivity contribution in [1.29, 1.82) is 0 Å². The SMILES string of the molecule is CNC(c1ccc(F)c(C)c1)c1nccn1C. The summed E-state index contributed by atoms with van der Waals surface area (Å²) in [7, 11) is 3.82. The molecule has 0 radical (unpaired) electrons. The van der Waals surface area contributed by atoms with Crippen LogP contribution < -0.4 is 5.32 Å². The van der Waals surface area contributed by atoms with Gasteiger partial charge in [0.25, 0.3) is 0 Å². The highest BCUT2D eigenvalue weighted by atomic mass is 19.1. The van der Waals surface area contributed by atoms with E-state index >= 15 is 0 Å². The maximum absolute atomic E-state index is 13.2. The lowest BCUT2D eigenvalue weighted by molar-refractivity contribution is 0.601. The van der Waals surface area contributed by atoms with Gasteiger partial charge in [-0.15, -0.1) is 0 Å². The molecule has 0 spiro atoms. The number of hydrogen-bond acceptors (Lipinski definition) is 2. The molecule has 0 amide bonds. The van der Waals surface area contributed by atoms with Crippen molar-refractivity contribution in [1.82, 2.24) is 14.9 Å². The van der Waals surface area contributed by atoms with Crippen LogP contribution in [0.1, 0.15) is 23.0 Å². The zero-order valence-corrected chi connectivity index (χ0v) is 10.2. The summed E-state index contributed by atoms with van der Waals surface area (Å²) in [5, 5.41) is 3.20. The molecule has 1 aromatic carbocycles. The van der Waals surface area contributed by atoms with Gasteiger partial charge in [-0.3, -0.25) is 0 Å². The molecule has 1 atom stereocenters. The average Bonchev–Trinajstić information content (AvgIpc) is 2.71. The van der Waals surface area contributed by atoms with Crippen LogP contribution in [0.5, 0.6) is 0 Å². The Bertz CT molecular complexity index is 519. The van der Waals surface area contributed by atoms with Crippen molar-refractivity contribution < 1.29 is 4.39 Å². The van der Waals surface area contributed by atoms with Gasteiger partial charge in [0.1, 0.15) is 11.6 Å². The number of nitrogens with one attached hydrogen (secondary N) is 1. The van der Waals surface area contributed by atoms with Crippen LogP contribution in [0.25, 0.3) is 0 Å². The molecule has 0 aliphatic heterocycles. The second kappa shape index (κ2) is 4.67. The molecule has 0 fully saturated rings. The van der Waals surface area contributed by atoms with Crippen LogP contribution in [-0.4, -0.2) is 16.6 Å². The van der Waals surface area contributed by atoms with Crippen molar-refractivity contribution in [2.75, 3.05) is 7.05 Å². The Labute approximate surface area is 100 Å². The summed E-state index contributed by atoms with van der Waals surface area (Å²) in [5.41, 5.74) is 1.66. The van der Waals surface area contributed by atoms with Crippen LogP contribution >= 0.6 is 0 Å². The second-order valence-electron chi connectivity index (χ2n) is 4.13. The summed E-state index contributed by atoms with van der Waals surface area (Å²) in [6.45, 7) is 1.77. The molecule has 2 rings (SSSR count). The summed E-state index contributed by atoms with van der Waals surface area (Å²) >= 11 is 0. The number of imidazole rings is 1. The number of aryl methyl sites for hydroxylation is 2. The minimum atomic E-state index is -0.177. The highest BCUT2D eigenvalue weighted by molar-refractivity contribution is 5.30. The van der Waals surface area contributed by atoms with Crippen LogP contribution in [0, 0.1) is 12.7 Å². The van der Waals surface area contributed by atoms with Crippen LogP contribution in [0.15, 0.2) is 30.6 Å². The fraction of sp³-hybridized carbons (Fsp3) is 0.308. The van der Waals surface area contributed by atoms with Gasteiger partial charge in [0.2, 0.25) is 0 Å². The van der Waals surface area contributed by atoms with Gasteiger partial charge in [-0.25, -0.2) is 9.37 Å². The predicted molar refractivity (Wildman–Crippen MR) is 65.2 cm³/mol. The number of aromatic nitrogens is 2. The molecule has 1 unspecified atom stereocenters. The summed E-state index contributed by atoms with van der Waals surface area (Å²) < 4.78 is 15.2. The average molecular weight is 233 g/mol. The Hall–Kier alpha value is -1.68. The standard InChI is InChI=1S/C13H16FN3/c1-9-8-10(4-5-11(9)14)12(15-2)13-16-6-7-17(13)3/h4-8,12,15H,1-3H3. The summed E-state index contributed by atoms with van der Waals surface area (Å²) in [6, 6.07) is 5.12. The highest BCUT2D eigenvalue weighted by Crippen LogP contribution is 2.21. The topological polar surface area (TPSA) is 29.9 Å². The van der Waals surface area contributed by atoms with E-state index < -0.39 is 0 Å². The normalized spacial score (nSPS) is 12.7. The van der Waals surface area contributed by atoms with Gasteiger partial charge >= 0.3 is 0 Å². The molecule has 4 heteroatoms. The van der Waals surface area contributed by atoms with E-state index in [1.165, 1.54) is 6.07 Å². The van der Waals surface area contributed by atoms with Gasteiger partial charge in [-0.05, 0) is 31.2 Å². The summed E-state index contributed by atoms with van der Waals surface area (Å²) in [4.78, 5) is 4.32. The summed E-state index contributed by atoms with van der Waals surface area (Å²) in [6.07, 6.45) is 3.66. The molecule has 0 saturated carbocycles. The molecule has 1 heterocycles. The lowest BCUT2D eigenvalue weighted by Crippen LogP contribution is -2.21. The third-order valence-corrected chi connectivity index (χ3v) is 2.92. The Kier molecular flexibility index (Phi) is 3.24. The Balaban J connectivity index is 2.42. The smallest absolute Gasteiger partial charge is 0.130 e. The molecular weight excluding hydrogens is 217 g/mol. The first-order chi connectivity index (χ1) is 8.13. The molecule has 0 aliphatic rings. The van der Waals surface area contributed by atoms with E-state index in [2.05, 4.69) is 10.3 Å². The van der Waals surface area contributed by atoms with Crippen molar-refractivity contribution >= 4 is 0 Å². The molecule has 1 N–H and O–H groups in total. The Morgan fingerprint density at radius 1 is 1.41 bits per heavy atom. The fourth-order valence-corrected chi connectivity index (χ4v) is 1.95. The van der Waals surface area contributed by atoms with Crippen molar-refractivity contribution in [2.24, 2.45) is 7.05 Å². The van der Waals surface area contributed by atoms with Gasteiger partial charge in [0.05, 0.1) is 6.04 Å². The van der Waals surface area contributed by atoms with E-state index in [9.17, 15) is 4.39 Å². The third-order valence-electron chi connectivity index (χ3n) is 2.92. The lowest BCUT2D eigenvalue weighted by Gasteiger charge is -2.17. The van der Waals surface area contributed by atoms with E-state index in [0.29, 0.717) is 5.56 Å². The minimum absolute atomic E-state index is 0.0192. The number of benzene rings is 1. The Morgan fingerprint density at radius 2 is 2.18 bits per heavy atom. The van der Waals surface area contributed by atoms with Crippen LogP contribution in [0.4, 0.5) is 4.39 Å².